The molecule has 0 radical (unpaired) electrons. The summed E-state index contributed by atoms with van der Waals surface area (Å²) in [6.07, 6.45) is 0. The summed E-state index contributed by atoms with van der Waals surface area (Å²) in [6.45, 7) is 20.9. The number of rotatable bonds is 2. The van der Waals surface area contributed by atoms with E-state index < -0.39 is 0 Å². The molecule has 0 saturated heterocycles. The zero-order chi connectivity index (χ0) is 12.7. The molecule has 0 bridgehead atoms. The molecule has 0 atom stereocenters. The summed E-state index contributed by atoms with van der Waals surface area (Å²) in [4.78, 5) is 0. The molecular formula is C14H24N2. The van der Waals surface area contributed by atoms with Gasteiger partial charge in [0, 0.05) is 22.2 Å². The van der Waals surface area contributed by atoms with Crippen molar-refractivity contribution in [2.45, 2.75) is 52.6 Å². The first-order valence-corrected chi connectivity index (χ1v) is 5.71. The minimum absolute atomic E-state index is 0.0454. The second kappa shape index (κ2) is 3.69. The second-order valence-electron chi connectivity index (χ2n) is 6.46. The fraction of sp³-hybridized carbons (Fsp3) is 0.571. The molecule has 0 aromatic carbocycles. The number of hydrogen-bond acceptors (Lipinski definition) is 2. The first-order valence-electron chi connectivity index (χ1n) is 5.71. The Morgan fingerprint density at radius 2 is 0.938 bits per heavy atom. The number of allylic oxidation sites excluding steroid dienone is 2. The second-order valence-corrected chi connectivity index (χ2v) is 6.46. The van der Waals surface area contributed by atoms with Gasteiger partial charge in [-0.1, -0.05) is 13.2 Å². The van der Waals surface area contributed by atoms with Crippen LogP contribution in [0.5, 0.6) is 0 Å². The van der Waals surface area contributed by atoms with Crippen LogP contribution in [0.3, 0.4) is 0 Å². The molecule has 2 N–H and O–H groups in total. The molecule has 0 fully saturated rings. The Labute approximate surface area is 99.5 Å². The molecule has 1 rings (SSSR count). The van der Waals surface area contributed by atoms with Crippen LogP contribution in [0.1, 0.15) is 41.5 Å². The van der Waals surface area contributed by atoms with Crippen molar-refractivity contribution in [1.29, 1.82) is 0 Å². The summed E-state index contributed by atoms with van der Waals surface area (Å²) in [6, 6.07) is 0. The van der Waals surface area contributed by atoms with Crippen LogP contribution in [0.4, 0.5) is 0 Å². The van der Waals surface area contributed by atoms with Crippen molar-refractivity contribution in [3.63, 3.8) is 0 Å². The fourth-order valence-electron chi connectivity index (χ4n) is 1.57. The zero-order valence-electron chi connectivity index (χ0n) is 11.4. The first-order chi connectivity index (χ1) is 7.01. The molecule has 0 amide bonds. The summed E-state index contributed by atoms with van der Waals surface area (Å²) in [5, 5.41) is 6.93. The predicted molar refractivity (Wildman–Crippen MR) is 71.1 cm³/mol. The number of nitrogens with one attached hydrogen (secondary N) is 2. The lowest BCUT2D eigenvalue weighted by atomic mass is 9.86. The van der Waals surface area contributed by atoms with Gasteiger partial charge >= 0.3 is 0 Å². The van der Waals surface area contributed by atoms with Gasteiger partial charge in [0.2, 0.25) is 0 Å². The standard InChI is InChI=1S/C14H24N2/c1-9-10(2)12(16-14(6,7)8)11(9)15-13(3,4)5/h15-16H,1-2H2,3-8H3. The van der Waals surface area contributed by atoms with Gasteiger partial charge in [-0.3, -0.25) is 0 Å². The summed E-state index contributed by atoms with van der Waals surface area (Å²) < 4.78 is 0. The SMILES string of the molecule is C=C1C(=C)C(NC(C)(C)C)=C1NC(C)(C)C. The van der Waals surface area contributed by atoms with E-state index in [9.17, 15) is 0 Å². The van der Waals surface area contributed by atoms with Gasteiger partial charge in [-0.2, -0.15) is 0 Å². The van der Waals surface area contributed by atoms with Crippen LogP contribution < -0.4 is 10.6 Å². The Kier molecular flexibility index (Phi) is 2.97. The van der Waals surface area contributed by atoms with Gasteiger partial charge in [0.1, 0.15) is 0 Å². The van der Waals surface area contributed by atoms with Crippen LogP contribution in [0, 0.1) is 0 Å². The van der Waals surface area contributed by atoms with Crippen LogP contribution in [-0.2, 0) is 0 Å². The van der Waals surface area contributed by atoms with Gasteiger partial charge in [-0.15, -0.1) is 0 Å². The van der Waals surface area contributed by atoms with Gasteiger partial charge in [0.15, 0.2) is 0 Å². The molecule has 0 spiro atoms. The van der Waals surface area contributed by atoms with Crippen molar-refractivity contribution in [2.75, 3.05) is 0 Å². The molecule has 16 heavy (non-hydrogen) atoms. The van der Waals surface area contributed by atoms with Gasteiger partial charge in [0.05, 0.1) is 11.4 Å². The van der Waals surface area contributed by atoms with E-state index in [1.54, 1.807) is 0 Å². The Bertz CT molecular complexity index is 323. The van der Waals surface area contributed by atoms with Crippen LogP contribution in [0.25, 0.3) is 0 Å². The third-order valence-corrected chi connectivity index (χ3v) is 2.22. The Morgan fingerprint density at radius 3 is 1.12 bits per heavy atom. The predicted octanol–water partition coefficient (Wildman–Crippen LogP) is 3.10. The molecule has 2 nitrogen and oxygen atoms in total. The molecule has 90 valence electrons. The quantitative estimate of drug-likeness (QED) is 0.747. The molecule has 0 aliphatic heterocycles. The minimum atomic E-state index is 0.0454. The Balaban J connectivity index is 2.93. The summed E-state index contributed by atoms with van der Waals surface area (Å²) in [5.41, 5.74) is 4.33. The van der Waals surface area contributed by atoms with Crippen LogP contribution in [0.15, 0.2) is 35.7 Å². The molecule has 0 heterocycles. The highest BCUT2D eigenvalue weighted by Crippen LogP contribution is 2.36. The van der Waals surface area contributed by atoms with Crippen LogP contribution in [0.2, 0.25) is 0 Å². The van der Waals surface area contributed by atoms with E-state index >= 15 is 0 Å². The van der Waals surface area contributed by atoms with Crippen molar-refractivity contribution in [3.8, 4) is 0 Å². The molecule has 1 aliphatic rings. The lowest BCUT2D eigenvalue weighted by Crippen LogP contribution is -2.45. The highest BCUT2D eigenvalue weighted by atomic mass is 15.1. The first kappa shape index (κ1) is 12.9. The summed E-state index contributed by atoms with van der Waals surface area (Å²) in [5.74, 6) is 0. The highest BCUT2D eigenvalue weighted by Gasteiger charge is 2.31. The van der Waals surface area contributed by atoms with Gasteiger partial charge in [0.25, 0.3) is 0 Å². The molecule has 2 heteroatoms. The van der Waals surface area contributed by atoms with E-state index in [0.29, 0.717) is 0 Å². The molecule has 0 unspecified atom stereocenters. The lowest BCUT2D eigenvalue weighted by molar-refractivity contribution is 0.440. The third-order valence-electron chi connectivity index (χ3n) is 2.22. The van der Waals surface area contributed by atoms with Gasteiger partial charge in [-0.25, -0.2) is 0 Å². The lowest BCUT2D eigenvalue weighted by Gasteiger charge is -2.38. The molecule has 0 aromatic rings. The topological polar surface area (TPSA) is 24.1 Å². The maximum atomic E-state index is 4.03. The third kappa shape index (κ3) is 2.91. The van der Waals surface area contributed by atoms with E-state index in [1.807, 2.05) is 0 Å². The highest BCUT2D eigenvalue weighted by molar-refractivity contribution is 5.66. The van der Waals surface area contributed by atoms with Gasteiger partial charge < -0.3 is 10.6 Å². The average Bonchev–Trinajstić information content (AvgIpc) is 2.07. The number of hydrogen-bond donors (Lipinski definition) is 2. The van der Waals surface area contributed by atoms with Crippen molar-refractivity contribution in [3.05, 3.63) is 35.7 Å². The monoisotopic (exact) mass is 220 g/mol. The van der Waals surface area contributed by atoms with E-state index in [0.717, 1.165) is 22.5 Å². The maximum Gasteiger partial charge on any atom is 0.0660 e. The van der Waals surface area contributed by atoms with Gasteiger partial charge in [-0.05, 0) is 41.5 Å². The molecule has 0 saturated carbocycles. The van der Waals surface area contributed by atoms with E-state index in [1.165, 1.54) is 0 Å². The van der Waals surface area contributed by atoms with E-state index in [2.05, 4.69) is 65.3 Å². The summed E-state index contributed by atoms with van der Waals surface area (Å²) in [7, 11) is 0. The van der Waals surface area contributed by atoms with Crippen molar-refractivity contribution in [1.82, 2.24) is 10.6 Å². The van der Waals surface area contributed by atoms with E-state index in [-0.39, 0.29) is 11.1 Å². The van der Waals surface area contributed by atoms with Crippen molar-refractivity contribution < 1.29 is 0 Å². The minimum Gasteiger partial charge on any atom is -0.378 e. The van der Waals surface area contributed by atoms with Crippen LogP contribution >= 0.6 is 0 Å². The largest absolute Gasteiger partial charge is 0.378 e. The Morgan fingerprint density at radius 1 is 0.688 bits per heavy atom. The maximum absolute atomic E-state index is 4.03. The normalized spacial score (nSPS) is 17.4. The van der Waals surface area contributed by atoms with Crippen molar-refractivity contribution in [2.24, 2.45) is 0 Å². The van der Waals surface area contributed by atoms with Crippen molar-refractivity contribution >= 4 is 0 Å². The zero-order valence-corrected chi connectivity index (χ0v) is 11.4. The smallest absolute Gasteiger partial charge is 0.0660 e. The molecular weight excluding hydrogens is 196 g/mol. The van der Waals surface area contributed by atoms with Crippen LogP contribution in [-0.4, -0.2) is 11.1 Å². The summed E-state index contributed by atoms with van der Waals surface area (Å²) >= 11 is 0. The Hall–Kier alpha value is -1.18. The fourth-order valence-corrected chi connectivity index (χ4v) is 1.57. The molecule has 1 aliphatic carbocycles. The van der Waals surface area contributed by atoms with E-state index in [4.69, 9.17) is 0 Å². The average molecular weight is 220 g/mol. The molecule has 0 aromatic heterocycles.